The quantitative estimate of drug-likeness (QED) is 0.768. The second kappa shape index (κ2) is 3.42. The molecule has 3 rings (SSSR count). The summed E-state index contributed by atoms with van der Waals surface area (Å²) in [6, 6.07) is 4.49. The number of anilines is 1. The molecule has 0 aliphatic carbocycles. The van der Waals surface area contributed by atoms with Crippen LogP contribution in [0.1, 0.15) is 5.56 Å². The Morgan fingerprint density at radius 1 is 1.38 bits per heavy atom. The highest BCUT2D eigenvalue weighted by atomic mass is 19.1. The Hall–Kier alpha value is -1.68. The van der Waals surface area contributed by atoms with Crippen molar-refractivity contribution in [2.45, 2.75) is 6.42 Å². The molecule has 1 aromatic carbocycles. The van der Waals surface area contributed by atoms with Crippen LogP contribution in [-0.4, -0.2) is 19.0 Å². The van der Waals surface area contributed by atoms with Crippen molar-refractivity contribution >= 4 is 11.6 Å². The Labute approximate surface area is 92.6 Å². The molecule has 2 aliphatic rings. The fourth-order valence-corrected chi connectivity index (χ4v) is 2.00. The Morgan fingerprint density at radius 2 is 2.19 bits per heavy atom. The van der Waals surface area contributed by atoms with Crippen LogP contribution in [0.5, 0.6) is 0 Å². The highest BCUT2D eigenvalue weighted by Gasteiger charge is 2.27. The molecule has 82 valence electrons. The average molecular weight is 218 g/mol. The highest BCUT2D eigenvalue weighted by Crippen LogP contribution is 2.30. The lowest BCUT2D eigenvalue weighted by Crippen LogP contribution is -2.36. The maximum Gasteiger partial charge on any atom is 0.235 e. The average Bonchev–Trinajstić information content (AvgIpc) is 2.47. The summed E-state index contributed by atoms with van der Waals surface area (Å²) in [5.41, 5.74) is 2.78. The number of carbonyl (C=O) groups is 1. The molecule has 2 heterocycles. The molecule has 1 fully saturated rings. The molecule has 0 bridgehead atoms. The third-order valence-electron chi connectivity index (χ3n) is 2.93. The maximum absolute atomic E-state index is 13.0. The Kier molecular flexibility index (Phi) is 2.04. The molecular formula is C12H11FN2O. The SMILES string of the molecule is O=C1Cc2cc(F)ccc2N1C=C1CNC1. The van der Waals surface area contributed by atoms with Crippen LogP contribution in [0, 0.1) is 5.82 Å². The molecule has 1 aromatic rings. The monoisotopic (exact) mass is 218 g/mol. The van der Waals surface area contributed by atoms with Gasteiger partial charge in [0.2, 0.25) is 5.91 Å². The van der Waals surface area contributed by atoms with Crippen molar-refractivity contribution < 1.29 is 9.18 Å². The minimum Gasteiger partial charge on any atom is -0.309 e. The summed E-state index contributed by atoms with van der Waals surface area (Å²) < 4.78 is 13.0. The molecule has 1 N–H and O–H groups in total. The predicted octanol–water partition coefficient (Wildman–Crippen LogP) is 1.20. The number of rotatable bonds is 1. The fourth-order valence-electron chi connectivity index (χ4n) is 2.00. The van der Waals surface area contributed by atoms with Crippen molar-refractivity contribution in [2.75, 3.05) is 18.0 Å². The van der Waals surface area contributed by atoms with Gasteiger partial charge in [0, 0.05) is 19.3 Å². The topological polar surface area (TPSA) is 32.3 Å². The molecular weight excluding hydrogens is 207 g/mol. The number of fused-ring (bicyclic) bond motifs is 1. The van der Waals surface area contributed by atoms with E-state index in [2.05, 4.69) is 5.32 Å². The zero-order valence-electron chi connectivity index (χ0n) is 8.66. The van der Waals surface area contributed by atoms with Gasteiger partial charge in [-0.1, -0.05) is 0 Å². The number of hydrogen-bond donors (Lipinski definition) is 1. The van der Waals surface area contributed by atoms with Crippen LogP contribution in [-0.2, 0) is 11.2 Å². The molecule has 0 radical (unpaired) electrons. The van der Waals surface area contributed by atoms with Crippen molar-refractivity contribution in [1.82, 2.24) is 5.32 Å². The summed E-state index contributed by atoms with van der Waals surface area (Å²) in [6.45, 7) is 1.67. The lowest BCUT2D eigenvalue weighted by Gasteiger charge is -2.22. The second-order valence-corrected chi connectivity index (χ2v) is 4.10. The fraction of sp³-hybridized carbons (Fsp3) is 0.250. The molecule has 0 unspecified atom stereocenters. The van der Waals surface area contributed by atoms with E-state index in [4.69, 9.17) is 0 Å². The van der Waals surface area contributed by atoms with Crippen molar-refractivity contribution in [1.29, 1.82) is 0 Å². The van der Waals surface area contributed by atoms with Gasteiger partial charge in [-0.2, -0.15) is 0 Å². The normalized spacial score (nSPS) is 18.4. The van der Waals surface area contributed by atoms with Crippen LogP contribution in [0.2, 0.25) is 0 Å². The van der Waals surface area contributed by atoms with E-state index in [1.807, 2.05) is 6.20 Å². The third-order valence-corrected chi connectivity index (χ3v) is 2.93. The van der Waals surface area contributed by atoms with Crippen LogP contribution in [0.15, 0.2) is 30.0 Å². The molecule has 1 saturated heterocycles. The van der Waals surface area contributed by atoms with E-state index in [9.17, 15) is 9.18 Å². The van der Waals surface area contributed by atoms with Gasteiger partial charge in [-0.05, 0) is 29.3 Å². The Balaban J connectivity index is 1.99. The standard InChI is InChI=1S/C12H11FN2O/c13-10-1-2-11-9(3-10)4-12(16)15(11)7-8-5-14-6-8/h1-3,7,14H,4-6H2. The largest absolute Gasteiger partial charge is 0.309 e. The number of nitrogens with one attached hydrogen (secondary N) is 1. The van der Waals surface area contributed by atoms with Crippen molar-refractivity contribution in [2.24, 2.45) is 0 Å². The van der Waals surface area contributed by atoms with E-state index in [0.29, 0.717) is 6.42 Å². The summed E-state index contributed by atoms with van der Waals surface area (Å²) in [5, 5.41) is 3.12. The molecule has 0 spiro atoms. The highest BCUT2D eigenvalue weighted by molar-refractivity contribution is 6.03. The summed E-state index contributed by atoms with van der Waals surface area (Å²) in [6.07, 6.45) is 2.16. The number of benzene rings is 1. The summed E-state index contributed by atoms with van der Waals surface area (Å²) in [5.74, 6) is -0.272. The van der Waals surface area contributed by atoms with E-state index in [1.165, 1.54) is 17.7 Å². The molecule has 16 heavy (non-hydrogen) atoms. The van der Waals surface area contributed by atoms with E-state index in [0.717, 1.165) is 24.3 Å². The lowest BCUT2D eigenvalue weighted by molar-refractivity contribution is -0.116. The zero-order chi connectivity index (χ0) is 11.1. The van der Waals surface area contributed by atoms with Gasteiger partial charge in [-0.25, -0.2) is 4.39 Å². The second-order valence-electron chi connectivity index (χ2n) is 4.10. The summed E-state index contributed by atoms with van der Waals surface area (Å²) in [4.78, 5) is 13.4. The van der Waals surface area contributed by atoms with Gasteiger partial charge in [0.25, 0.3) is 0 Å². The van der Waals surface area contributed by atoms with Gasteiger partial charge in [0.05, 0.1) is 12.1 Å². The van der Waals surface area contributed by atoms with E-state index in [1.54, 1.807) is 11.0 Å². The third kappa shape index (κ3) is 1.42. The molecule has 4 heteroatoms. The van der Waals surface area contributed by atoms with Crippen LogP contribution in [0.4, 0.5) is 10.1 Å². The number of hydrogen-bond acceptors (Lipinski definition) is 2. The van der Waals surface area contributed by atoms with Crippen LogP contribution < -0.4 is 10.2 Å². The van der Waals surface area contributed by atoms with E-state index in [-0.39, 0.29) is 11.7 Å². The molecule has 0 atom stereocenters. The number of nitrogens with zero attached hydrogens (tertiary/aromatic N) is 1. The number of carbonyl (C=O) groups excluding carboxylic acids is 1. The number of halogens is 1. The van der Waals surface area contributed by atoms with Gasteiger partial charge in [0.15, 0.2) is 0 Å². The lowest BCUT2D eigenvalue weighted by atomic mass is 10.1. The minimum absolute atomic E-state index is 0.0139. The van der Waals surface area contributed by atoms with Gasteiger partial charge in [-0.15, -0.1) is 0 Å². The summed E-state index contributed by atoms with van der Waals surface area (Å²) in [7, 11) is 0. The van der Waals surface area contributed by atoms with Gasteiger partial charge in [-0.3, -0.25) is 9.69 Å². The van der Waals surface area contributed by atoms with Gasteiger partial charge in [0.1, 0.15) is 5.82 Å². The maximum atomic E-state index is 13.0. The first-order chi connectivity index (χ1) is 7.74. The van der Waals surface area contributed by atoms with Crippen LogP contribution in [0.25, 0.3) is 0 Å². The summed E-state index contributed by atoms with van der Waals surface area (Å²) >= 11 is 0. The zero-order valence-corrected chi connectivity index (χ0v) is 8.66. The Bertz CT molecular complexity index is 490. The predicted molar refractivity (Wildman–Crippen MR) is 58.5 cm³/mol. The first-order valence-corrected chi connectivity index (χ1v) is 5.25. The molecule has 1 amide bonds. The molecule has 2 aliphatic heterocycles. The smallest absolute Gasteiger partial charge is 0.235 e. The first kappa shape index (κ1) is 9.54. The van der Waals surface area contributed by atoms with Gasteiger partial charge >= 0.3 is 0 Å². The molecule has 0 aromatic heterocycles. The van der Waals surface area contributed by atoms with Crippen LogP contribution in [0.3, 0.4) is 0 Å². The minimum atomic E-state index is -0.286. The van der Waals surface area contributed by atoms with E-state index >= 15 is 0 Å². The number of amides is 1. The van der Waals surface area contributed by atoms with Crippen molar-refractivity contribution in [3.05, 3.63) is 41.4 Å². The Morgan fingerprint density at radius 3 is 2.88 bits per heavy atom. The van der Waals surface area contributed by atoms with E-state index < -0.39 is 0 Å². The van der Waals surface area contributed by atoms with Gasteiger partial charge < -0.3 is 5.32 Å². The van der Waals surface area contributed by atoms with Crippen molar-refractivity contribution in [3.63, 3.8) is 0 Å². The van der Waals surface area contributed by atoms with Crippen LogP contribution >= 0.6 is 0 Å². The molecule has 0 saturated carbocycles. The molecule has 3 nitrogen and oxygen atoms in total. The van der Waals surface area contributed by atoms with Crippen molar-refractivity contribution in [3.8, 4) is 0 Å². The first-order valence-electron chi connectivity index (χ1n) is 5.25.